The third-order valence-corrected chi connectivity index (χ3v) is 3.28. The predicted octanol–water partition coefficient (Wildman–Crippen LogP) is 3.35. The van der Waals surface area contributed by atoms with Gasteiger partial charge in [0, 0.05) is 25.8 Å². The maximum Gasteiger partial charge on any atom is 0.0426 e. The Hall–Kier alpha value is -1.80. The number of nitrogens with one attached hydrogen (secondary N) is 1. The lowest BCUT2D eigenvalue weighted by molar-refractivity contribution is 0.804. The second kappa shape index (κ2) is 6.39. The number of anilines is 1. The molecule has 0 aliphatic carbocycles. The molecule has 0 fully saturated rings. The Bertz CT molecular complexity index is 520. The summed E-state index contributed by atoms with van der Waals surface area (Å²) in [5.74, 6) is 0. The van der Waals surface area contributed by atoms with Gasteiger partial charge in [-0.25, -0.2) is 0 Å². The van der Waals surface area contributed by atoms with Gasteiger partial charge in [-0.1, -0.05) is 48.0 Å². The Kier molecular flexibility index (Phi) is 4.58. The fraction of sp³-hybridized carbons (Fsp3) is 0.294. The van der Waals surface area contributed by atoms with E-state index in [4.69, 9.17) is 0 Å². The van der Waals surface area contributed by atoms with Crippen molar-refractivity contribution in [3.63, 3.8) is 0 Å². The maximum absolute atomic E-state index is 3.24. The Morgan fingerprint density at radius 1 is 1.05 bits per heavy atom. The summed E-state index contributed by atoms with van der Waals surface area (Å²) in [5.41, 5.74) is 5.29. The molecule has 0 atom stereocenters. The summed E-state index contributed by atoms with van der Waals surface area (Å²) in [6.45, 7) is 3.97. The minimum absolute atomic E-state index is 0.899. The van der Waals surface area contributed by atoms with E-state index in [1.54, 1.807) is 0 Å². The zero-order chi connectivity index (χ0) is 13.7. The van der Waals surface area contributed by atoms with E-state index in [-0.39, 0.29) is 0 Å². The summed E-state index contributed by atoms with van der Waals surface area (Å²) in [6, 6.07) is 17.2. The van der Waals surface area contributed by atoms with Crippen LogP contribution in [0.25, 0.3) is 0 Å². The van der Waals surface area contributed by atoms with Gasteiger partial charge in [0.25, 0.3) is 0 Å². The van der Waals surface area contributed by atoms with Gasteiger partial charge in [-0.15, -0.1) is 0 Å². The molecule has 0 saturated carbocycles. The number of hydrogen-bond donors (Lipinski definition) is 1. The van der Waals surface area contributed by atoms with Crippen LogP contribution in [0.2, 0.25) is 0 Å². The fourth-order valence-electron chi connectivity index (χ4n) is 2.36. The highest BCUT2D eigenvalue weighted by atomic mass is 15.1. The Morgan fingerprint density at radius 3 is 2.47 bits per heavy atom. The first-order chi connectivity index (χ1) is 9.20. The van der Waals surface area contributed by atoms with Gasteiger partial charge >= 0.3 is 0 Å². The van der Waals surface area contributed by atoms with Crippen molar-refractivity contribution in [1.82, 2.24) is 5.32 Å². The smallest absolute Gasteiger partial charge is 0.0426 e. The Morgan fingerprint density at radius 2 is 1.79 bits per heavy atom. The van der Waals surface area contributed by atoms with E-state index in [9.17, 15) is 0 Å². The third kappa shape index (κ3) is 3.58. The zero-order valence-corrected chi connectivity index (χ0v) is 12.0. The van der Waals surface area contributed by atoms with Crippen molar-refractivity contribution in [3.05, 3.63) is 65.2 Å². The molecule has 1 N–H and O–H groups in total. The molecular formula is C17H22N2. The second-order valence-electron chi connectivity index (χ2n) is 5.00. The van der Waals surface area contributed by atoms with Crippen molar-refractivity contribution in [2.45, 2.75) is 20.0 Å². The van der Waals surface area contributed by atoms with Gasteiger partial charge in [-0.3, -0.25) is 0 Å². The average molecular weight is 254 g/mol. The zero-order valence-electron chi connectivity index (χ0n) is 12.0. The van der Waals surface area contributed by atoms with Crippen LogP contribution in [-0.2, 0) is 13.1 Å². The summed E-state index contributed by atoms with van der Waals surface area (Å²) in [7, 11) is 4.14. The van der Waals surface area contributed by atoms with E-state index in [0.717, 1.165) is 13.1 Å². The fourth-order valence-corrected chi connectivity index (χ4v) is 2.36. The summed E-state index contributed by atoms with van der Waals surface area (Å²) < 4.78 is 0. The van der Waals surface area contributed by atoms with Crippen LogP contribution in [0.5, 0.6) is 0 Å². The lowest BCUT2D eigenvalue weighted by Gasteiger charge is -2.23. The normalized spacial score (nSPS) is 10.5. The van der Waals surface area contributed by atoms with Crippen molar-refractivity contribution in [1.29, 1.82) is 0 Å². The van der Waals surface area contributed by atoms with Crippen molar-refractivity contribution in [3.8, 4) is 0 Å². The molecule has 0 heterocycles. The number of nitrogens with zero attached hydrogens (tertiary/aromatic N) is 1. The first kappa shape index (κ1) is 13.6. The number of rotatable bonds is 5. The second-order valence-corrected chi connectivity index (χ2v) is 5.00. The summed E-state index contributed by atoms with van der Waals surface area (Å²) in [6.07, 6.45) is 0. The van der Waals surface area contributed by atoms with E-state index >= 15 is 0 Å². The van der Waals surface area contributed by atoms with Gasteiger partial charge in [0.15, 0.2) is 0 Å². The molecule has 2 heteroatoms. The van der Waals surface area contributed by atoms with E-state index in [0.29, 0.717) is 0 Å². The van der Waals surface area contributed by atoms with Crippen LogP contribution in [0.15, 0.2) is 48.5 Å². The largest absolute Gasteiger partial charge is 0.370 e. The Labute approximate surface area is 116 Å². The molecule has 2 aromatic carbocycles. The number of aryl methyl sites for hydroxylation is 1. The molecule has 0 aromatic heterocycles. The average Bonchev–Trinajstić information content (AvgIpc) is 2.40. The highest BCUT2D eigenvalue weighted by Gasteiger charge is 2.07. The lowest BCUT2D eigenvalue weighted by atomic mass is 10.1. The van der Waals surface area contributed by atoms with Gasteiger partial charge < -0.3 is 10.2 Å². The molecule has 0 saturated heterocycles. The molecule has 0 bridgehead atoms. The van der Waals surface area contributed by atoms with Crippen molar-refractivity contribution >= 4 is 5.69 Å². The van der Waals surface area contributed by atoms with Gasteiger partial charge in [0.05, 0.1) is 0 Å². The molecule has 100 valence electrons. The third-order valence-electron chi connectivity index (χ3n) is 3.28. The summed E-state index contributed by atoms with van der Waals surface area (Å²) in [4.78, 5) is 2.31. The van der Waals surface area contributed by atoms with Crippen LogP contribution in [0, 0.1) is 6.92 Å². The molecule has 0 spiro atoms. The van der Waals surface area contributed by atoms with Crippen LogP contribution >= 0.6 is 0 Å². The lowest BCUT2D eigenvalue weighted by Crippen LogP contribution is -2.19. The van der Waals surface area contributed by atoms with E-state index < -0.39 is 0 Å². The molecule has 2 nitrogen and oxygen atoms in total. The highest BCUT2D eigenvalue weighted by Crippen LogP contribution is 2.22. The molecule has 2 rings (SSSR count). The van der Waals surface area contributed by atoms with Crippen molar-refractivity contribution in [2.24, 2.45) is 0 Å². The van der Waals surface area contributed by atoms with Crippen molar-refractivity contribution in [2.75, 3.05) is 19.0 Å². The molecule has 0 unspecified atom stereocenters. The monoisotopic (exact) mass is 254 g/mol. The van der Waals surface area contributed by atoms with Crippen LogP contribution in [0.3, 0.4) is 0 Å². The molecule has 0 radical (unpaired) electrons. The molecule has 0 aliphatic heterocycles. The first-order valence-electron chi connectivity index (χ1n) is 6.70. The summed E-state index contributed by atoms with van der Waals surface area (Å²) >= 11 is 0. The standard InChI is InChI=1S/C17H22N2/c1-14-9-10-17(16(11-14)12-18-2)19(3)13-15-7-5-4-6-8-15/h4-11,18H,12-13H2,1-3H3. The quantitative estimate of drug-likeness (QED) is 0.880. The topological polar surface area (TPSA) is 15.3 Å². The summed E-state index contributed by atoms with van der Waals surface area (Å²) in [5, 5.41) is 3.24. The predicted molar refractivity (Wildman–Crippen MR) is 82.5 cm³/mol. The molecular weight excluding hydrogens is 232 g/mol. The van der Waals surface area contributed by atoms with Gasteiger partial charge in [-0.2, -0.15) is 0 Å². The Balaban J connectivity index is 2.20. The number of hydrogen-bond acceptors (Lipinski definition) is 2. The van der Waals surface area contributed by atoms with Crippen molar-refractivity contribution < 1.29 is 0 Å². The molecule has 0 amide bonds. The van der Waals surface area contributed by atoms with Gasteiger partial charge in [0.2, 0.25) is 0 Å². The van der Waals surface area contributed by atoms with E-state index in [1.165, 1.54) is 22.4 Å². The van der Waals surface area contributed by atoms with Crippen LogP contribution in [0.4, 0.5) is 5.69 Å². The molecule has 19 heavy (non-hydrogen) atoms. The minimum atomic E-state index is 0.899. The maximum atomic E-state index is 3.24. The van der Waals surface area contributed by atoms with E-state index in [2.05, 4.69) is 72.7 Å². The SMILES string of the molecule is CNCc1cc(C)ccc1N(C)Cc1ccccc1. The van der Waals surface area contributed by atoms with Crippen LogP contribution in [-0.4, -0.2) is 14.1 Å². The number of benzene rings is 2. The van der Waals surface area contributed by atoms with E-state index in [1.807, 2.05) is 7.05 Å². The van der Waals surface area contributed by atoms with Gasteiger partial charge in [-0.05, 0) is 31.2 Å². The minimum Gasteiger partial charge on any atom is -0.370 e. The van der Waals surface area contributed by atoms with Crippen LogP contribution < -0.4 is 10.2 Å². The van der Waals surface area contributed by atoms with Gasteiger partial charge in [0.1, 0.15) is 0 Å². The molecule has 2 aromatic rings. The first-order valence-corrected chi connectivity index (χ1v) is 6.70. The van der Waals surface area contributed by atoms with Crippen LogP contribution in [0.1, 0.15) is 16.7 Å². The molecule has 0 aliphatic rings. The highest BCUT2D eigenvalue weighted by molar-refractivity contribution is 5.54.